The van der Waals surface area contributed by atoms with Gasteiger partial charge < -0.3 is 36.5 Å². The molecule has 0 aliphatic carbocycles. The van der Waals surface area contributed by atoms with E-state index in [-0.39, 0.29) is 12.8 Å². The molecule has 0 fully saturated rings. The zero-order valence-corrected chi connectivity index (χ0v) is 16.0. The van der Waals surface area contributed by atoms with Crippen molar-refractivity contribution in [3.05, 3.63) is 0 Å². The summed E-state index contributed by atoms with van der Waals surface area (Å²) in [6.45, 7) is 0.999. The first kappa shape index (κ1) is 26.6. The third kappa shape index (κ3) is 11.5. The second kappa shape index (κ2) is 12.9. The van der Waals surface area contributed by atoms with Gasteiger partial charge in [0.25, 0.3) is 0 Å². The van der Waals surface area contributed by atoms with E-state index in [1.807, 2.05) is 5.32 Å². The molecule has 1 amide bonds. The molecule has 0 rings (SSSR count). The second-order valence-corrected chi connectivity index (χ2v) is 6.07. The Kier molecular flexibility index (Phi) is 11.5. The molecule has 14 heteroatoms. The van der Waals surface area contributed by atoms with E-state index in [1.54, 1.807) is 0 Å². The van der Waals surface area contributed by atoms with E-state index in [0.717, 1.165) is 6.92 Å². The van der Waals surface area contributed by atoms with Crippen molar-refractivity contribution in [2.75, 3.05) is 0 Å². The standard InChI is InChI=1S/C16H23N3O11/c1-7(20)19-10(16(28)30-15(27)9(18)3-5-12(23)24)6-13(25)29-14(26)8(17)2-4-11(21)22/h8-10H,2-6,17-18H2,1H3,(H,19,20)(H,21,22)(H,23,24). The number of carboxylic acid groups (broad SMARTS) is 2. The average Bonchev–Trinajstić information content (AvgIpc) is 2.62. The highest BCUT2D eigenvalue weighted by Gasteiger charge is 2.30. The summed E-state index contributed by atoms with van der Waals surface area (Å²) in [7, 11) is 0. The Morgan fingerprint density at radius 1 is 0.800 bits per heavy atom. The van der Waals surface area contributed by atoms with Crippen molar-refractivity contribution < 1.29 is 53.2 Å². The van der Waals surface area contributed by atoms with Crippen molar-refractivity contribution in [2.45, 2.75) is 57.2 Å². The predicted octanol–water partition coefficient (Wildman–Crippen LogP) is -2.59. The molecule has 7 N–H and O–H groups in total. The largest absolute Gasteiger partial charge is 0.481 e. The molecule has 0 aromatic rings. The van der Waals surface area contributed by atoms with Crippen LogP contribution in [0.5, 0.6) is 0 Å². The van der Waals surface area contributed by atoms with Gasteiger partial charge in [0.2, 0.25) is 5.91 Å². The molecule has 168 valence electrons. The molecule has 0 spiro atoms. The first-order chi connectivity index (χ1) is 13.8. The summed E-state index contributed by atoms with van der Waals surface area (Å²) in [5, 5.41) is 19.1. The Morgan fingerprint density at radius 3 is 1.63 bits per heavy atom. The van der Waals surface area contributed by atoms with Gasteiger partial charge in [-0.1, -0.05) is 0 Å². The molecule has 0 saturated heterocycles. The summed E-state index contributed by atoms with van der Waals surface area (Å²) in [6.07, 6.45) is -2.45. The minimum atomic E-state index is -1.71. The molecule has 0 bridgehead atoms. The maximum Gasteiger partial charge on any atom is 0.336 e. The SMILES string of the molecule is CC(=O)NC(CC(=O)OC(=O)C(N)CCC(=O)O)C(=O)OC(=O)C(N)CCC(=O)O. The molecule has 3 atom stereocenters. The van der Waals surface area contributed by atoms with Crippen molar-refractivity contribution >= 4 is 41.7 Å². The minimum Gasteiger partial charge on any atom is -0.481 e. The van der Waals surface area contributed by atoms with Crippen molar-refractivity contribution in [3.8, 4) is 0 Å². The van der Waals surface area contributed by atoms with Gasteiger partial charge in [0, 0.05) is 19.8 Å². The van der Waals surface area contributed by atoms with Crippen LogP contribution in [-0.2, 0) is 43.0 Å². The number of nitrogens with two attached hydrogens (primary N) is 2. The van der Waals surface area contributed by atoms with Crippen LogP contribution in [-0.4, -0.2) is 70.1 Å². The summed E-state index contributed by atoms with van der Waals surface area (Å²) >= 11 is 0. The van der Waals surface area contributed by atoms with Crippen LogP contribution in [0.3, 0.4) is 0 Å². The molecular weight excluding hydrogens is 410 g/mol. The van der Waals surface area contributed by atoms with E-state index in [2.05, 4.69) is 9.47 Å². The van der Waals surface area contributed by atoms with Crippen LogP contribution in [0.2, 0.25) is 0 Å². The average molecular weight is 433 g/mol. The van der Waals surface area contributed by atoms with Crippen LogP contribution in [0.15, 0.2) is 0 Å². The highest BCUT2D eigenvalue weighted by atomic mass is 16.6. The van der Waals surface area contributed by atoms with Crippen LogP contribution in [0.25, 0.3) is 0 Å². The fraction of sp³-hybridized carbons (Fsp3) is 0.562. The van der Waals surface area contributed by atoms with Gasteiger partial charge >= 0.3 is 35.8 Å². The van der Waals surface area contributed by atoms with Crippen LogP contribution in [0.4, 0.5) is 0 Å². The van der Waals surface area contributed by atoms with Gasteiger partial charge in [-0.25, -0.2) is 14.4 Å². The molecule has 0 aliphatic rings. The Morgan fingerprint density at radius 2 is 1.23 bits per heavy atom. The lowest BCUT2D eigenvalue weighted by atomic mass is 10.1. The number of carboxylic acids is 2. The number of carbonyl (C=O) groups excluding carboxylic acids is 5. The lowest BCUT2D eigenvalue weighted by molar-refractivity contribution is -0.168. The Balaban J connectivity index is 4.88. The maximum absolute atomic E-state index is 12.1. The van der Waals surface area contributed by atoms with E-state index in [1.165, 1.54) is 0 Å². The van der Waals surface area contributed by atoms with Crippen LogP contribution < -0.4 is 16.8 Å². The van der Waals surface area contributed by atoms with Gasteiger partial charge in [-0.05, 0) is 12.8 Å². The Labute approximate surface area is 169 Å². The van der Waals surface area contributed by atoms with E-state index in [0.29, 0.717) is 0 Å². The number of carbonyl (C=O) groups is 7. The third-order valence-corrected chi connectivity index (χ3v) is 3.39. The molecule has 0 aromatic heterocycles. The molecule has 0 aromatic carbocycles. The summed E-state index contributed by atoms with van der Waals surface area (Å²) < 4.78 is 8.83. The smallest absolute Gasteiger partial charge is 0.336 e. The van der Waals surface area contributed by atoms with E-state index in [4.69, 9.17) is 21.7 Å². The highest BCUT2D eigenvalue weighted by molar-refractivity contribution is 5.96. The summed E-state index contributed by atoms with van der Waals surface area (Å²) in [4.78, 5) is 79.4. The molecular formula is C16H23N3O11. The molecule has 3 unspecified atom stereocenters. The number of hydrogen-bond acceptors (Lipinski definition) is 11. The van der Waals surface area contributed by atoms with Gasteiger partial charge in [-0.3, -0.25) is 19.2 Å². The number of aliphatic carboxylic acids is 2. The van der Waals surface area contributed by atoms with E-state index in [9.17, 15) is 33.6 Å². The molecule has 0 aliphatic heterocycles. The quantitative estimate of drug-likeness (QED) is 0.157. The summed E-state index contributed by atoms with van der Waals surface area (Å²) in [5.41, 5.74) is 10.8. The Hall–Kier alpha value is -3.39. The minimum absolute atomic E-state index is 0.304. The number of amides is 1. The fourth-order valence-electron chi connectivity index (χ4n) is 1.87. The normalized spacial score (nSPS) is 13.3. The summed E-state index contributed by atoms with van der Waals surface area (Å²) in [6, 6.07) is -4.57. The van der Waals surface area contributed by atoms with E-state index >= 15 is 0 Å². The second-order valence-electron chi connectivity index (χ2n) is 6.07. The fourth-order valence-corrected chi connectivity index (χ4v) is 1.87. The van der Waals surface area contributed by atoms with Gasteiger partial charge in [0.15, 0.2) is 0 Å². The van der Waals surface area contributed by atoms with E-state index < -0.39 is 79.1 Å². The van der Waals surface area contributed by atoms with Crippen LogP contribution in [0, 0.1) is 0 Å². The third-order valence-electron chi connectivity index (χ3n) is 3.39. The zero-order chi connectivity index (χ0) is 23.4. The van der Waals surface area contributed by atoms with Crippen LogP contribution in [0.1, 0.15) is 39.0 Å². The number of ether oxygens (including phenoxy) is 2. The van der Waals surface area contributed by atoms with Crippen molar-refractivity contribution in [2.24, 2.45) is 11.5 Å². The van der Waals surface area contributed by atoms with Gasteiger partial charge in [-0.2, -0.15) is 0 Å². The molecule has 0 radical (unpaired) electrons. The number of rotatable bonds is 12. The van der Waals surface area contributed by atoms with Crippen LogP contribution >= 0.6 is 0 Å². The molecule has 0 saturated carbocycles. The highest BCUT2D eigenvalue weighted by Crippen LogP contribution is 2.05. The zero-order valence-electron chi connectivity index (χ0n) is 16.0. The lowest BCUT2D eigenvalue weighted by Gasteiger charge is -2.17. The topological polar surface area (TPSA) is 242 Å². The van der Waals surface area contributed by atoms with Crippen molar-refractivity contribution in [1.29, 1.82) is 0 Å². The summed E-state index contributed by atoms with van der Waals surface area (Å²) in [5.74, 6) is -8.44. The van der Waals surface area contributed by atoms with Crippen molar-refractivity contribution in [3.63, 3.8) is 0 Å². The first-order valence-electron chi connectivity index (χ1n) is 8.55. The number of hydrogen-bond donors (Lipinski definition) is 5. The molecule has 14 nitrogen and oxygen atoms in total. The van der Waals surface area contributed by atoms with Gasteiger partial charge in [-0.15, -0.1) is 0 Å². The molecule has 0 heterocycles. The maximum atomic E-state index is 12.1. The number of nitrogens with one attached hydrogen (secondary N) is 1. The lowest BCUT2D eigenvalue weighted by Crippen LogP contribution is -2.45. The predicted molar refractivity (Wildman–Crippen MR) is 94.1 cm³/mol. The first-order valence-corrected chi connectivity index (χ1v) is 8.55. The Bertz CT molecular complexity index is 707. The van der Waals surface area contributed by atoms with Gasteiger partial charge in [0.1, 0.15) is 18.1 Å². The number of esters is 4. The van der Waals surface area contributed by atoms with Crippen molar-refractivity contribution in [1.82, 2.24) is 5.32 Å². The monoisotopic (exact) mass is 433 g/mol. The van der Waals surface area contributed by atoms with Gasteiger partial charge in [0.05, 0.1) is 6.42 Å². The molecule has 30 heavy (non-hydrogen) atoms.